The number of fused-ring (bicyclic) bond motifs is 2. The largest absolute Gasteiger partial charge is 0.508 e. The number of hydrogen-bond acceptors (Lipinski definition) is 8. The second-order valence-corrected chi connectivity index (χ2v) is 11.6. The van der Waals surface area contributed by atoms with Gasteiger partial charge in [-0.25, -0.2) is 8.78 Å². The van der Waals surface area contributed by atoms with E-state index in [0.29, 0.717) is 65.2 Å². The fourth-order valence-corrected chi connectivity index (χ4v) is 6.41. The second-order valence-electron chi connectivity index (χ2n) is 11.6. The summed E-state index contributed by atoms with van der Waals surface area (Å²) < 4.78 is 40.8. The van der Waals surface area contributed by atoms with Crippen LogP contribution >= 0.6 is 0 Å². The van der Waals surface area contributed by atoms with Crippen molar-refractivity contribution in [2.75, 3.05) is 36.6 Å². The lowest BCUT2D eigenvalue weighted by atomic mass is 9.91. The van der Waals surface area contributed by atoms with Gasteiger partial charge in [-0.2, -0.15) is 9.97 Å². The number of aryl methyl sites for hydroxylation is 1. The fraction of sp³-hybridized carbons (Fsp3) is 0.516. The third-order valence-electron chi connectivity index (χ3n) is 8.57. The predicted molar refractivity (Wildman–Crippen MR) is 156 cm³/mol. The quantitative estimate of drug-likeness (QED) is 0.306. The van der Waals surface area contributed by atoms with E-state index in [2.05, 4.69) is 27.5 Å². The Balaban J connectivity index is 1.37. The molecule has 3 N–H and O–H groups in total. The minimum absolute atomic E-state index is 0.0286. The van der Waals surface area contributed by atoms with Crippen molar-refractivity contribution in [3.8, 4) is 11.8 Å². The molecule has 2 aromatic carbocycles. The zero-order chi connectivity index (χ0) is 29.4. The van der Waals surface area contributed by atoms with E-state index < -0.39 is 11.7 Å². The van der Waals surface area contributed by atoms with Crippen LogP contribution in [0.25, 0.3) is 10.8 Å². The van der Waals surface area contributed by atoms with Gasteiger partial charge in [0.1, 0.15) is 35.7 Å². The third-order valence-corrected chi connectivity index (χ3v) is 8.57. The zero-order valence-electron chi connectivity index (χ0n) is 24.0. The van der Waals surface area contributed by atoms with Gasteiger partial charge in [0.2, 0.25) is 0 Å². The summed E-state index contributed by atoms with van der Waals surface area (Å²) in [6.07, 6.45) is 3.28. The molecule has 6 rings (SSSR count). The zero-order valence-corrected chi connectivity index (χ0v) is 24.0. The Kier molecular flexibility index (Phi) is 7.89. The Hall–Kier alpha value is -3.57. The van der Waals surface area contributed by atoms with E-state index >= 15 is 0 Å². The van der Waals surface area contributed by atoms with Gasteiger partial charge >= 0.3 is 6.01 Å². The minimum atomic E-state index is -0.938. The number of anilines is 2. The van der Waals surface area contributed by atoms with Gasteiger partial charge in [0.25, 0.3) is 5.91 Å². The maximum atomic E-state index is 14.9. The predicted octanol–water partition coefficient (Wildman–Crippen LogP) is 5.04. The van der Waals surface area contributed by atoms with Crippen molar-refractivity contribution in [2.45, 2.75) is 76.7 Å². The number of benzene rings is 2. The number of hydrogen-bond donors (Lipinski definition) is 3. The molecular formula is C31H37F2N5O4. The van der Waals surface area contributed by atoms with Crippen LogP contribution in [0, 0.1) is 5.82 Å². The monoisotopic (exact) mass is 581 g/mol. The summed E-state index contributed by atoms with van der Waals surface area (Å²) in [5.41, 5.74) is 1.14. The third kappa shape index (κ3) is 5.35. The molecule has 3 aliphatic heterocycles. The fourth-order valence-electron chi connectivity index (χ4n) is 6.41. The summed E-state index contributed by atoms with van der Waals surface area (Å²) in [7, 11) is 0. The normalized spacial score (nSPS) is 23.6. The summed E-state index contributed by atoms with van der Waals surface area (Å²) in [6.45, 7) is 5.61. The molecule has 3 atom stereocenters. The Labute approximate surface area is 243 Å². The molecule has 42 heavy (non-hydrogen) atoms. The number of aromatic hydroxyl groups is 1. The van der Waals surface area contributed by atoms with Crippen molar-refractivity contribution >= 4 is 28.2 Å². The van der Waals surface area contributed by atoms with Gasteiger partial charge in [0, 0.05) is 31.0 Å². The van der Waals surface area contributed by atoms with E-state index in [1.54, 1.807) is 12.1 Å². The van der Waals surface area contributed by atoms with Crippen molar-refractivity contribution in [3.63, 3.8) is 0 Å². The first-order valence-electron chi connectivity index (χ1n) is 14.8. The second kappa shape index (κ2) is 11.6. The summed E-state index contributed by atoms with van der Waals surface area (Å²) in [5.74, 6) is -0.407. The Morgan fingerprint density at radius 1 is 1.29 bits per heavy atom. The number of phenols is 1. The van der Waals surface area contributed by atoms with Crippen LogP contribution in [0.4, 0.5) is 20.3 Å². The summed E-state index contributed by atoms with van der Waals surface area (Å²) in [4.78, 5) is 24.8. The van der Waals surface area contributed by atoms with Gasteiger partial charge in [0.15, 0.2) is 0 Å². The number of nitrogens with zero attached hydrogens (tertiary/aromatic N) is 3. The number of rotatable bonds is 10. The lowest BCUT2D eigenvalue weighted by Crippen LogP contribution is -2.45. The average molecular weight is 582 g/mol. The highest BCUT2D eigenvalue weighted by atomic mass is 19.1. The van der Waals surface area contributed by atoms with Gasteiger partial charge < -0.3 is 30.1 Å². The van der Waals surface area contributed by atoms with Crippen molar-refractivity contribution in [1.82, 2.24) is 15.3 Å². The van der Waals surface area contributed by atoms with Gasteiger partial charge in [-0.1, -0.05) is 32.8 Å². The minimum Gasteiger partial charge on any atom is -0.508 e. The van der Waals surface area contributed by atoms with Gasteiger partial charge in [-0.3, -0.25) is 4.79 Å². The maximum absolute atomic E-state index is 14.9. The Bertz CT molecular complexity index is 1500. The topological polar surface area (TPSA) is 109 Å². The number of alkyl halides is 1. The molecule has 4 heterocycles. The lowest BCUT2D eigenvalue weighted by Gasteiger charge is -2.29. The van der Waals surface area contributed by atoms with E-state index in [4.69, 9.17) is 9.47 Å². The molecule has 1 amide bonds. The van der Waals surface area contributed by atoms with Gasteiger partial charge in [-0.15, -0.1) is 0 Å². The standard InChI is InChI=1S/C31H37F2N5O4/c1-3-5-9-31(13-19(32)14-34-31)17-42-30-36-24-15-38(29(40)27(24)28(37-30)35-20-8-10-41-16-20)25-12-21(39)11-18-6-7-23(33)22(4-2)26(18)25/h6-7,11-12,19-20,34,39H,3-5,8-10,13-17H2,1-2H3,(H,35,36,37)/t19-,20?,31+/m1/s1. The van der Waals surface area contributed by atoms with Crippen LogP contribution in [0.2, 0.25) is 0 Å². The molecule has 0 spiro atoms. The van der Waals surface area contributed by atoms with Gasteiger partial charge in [0.05, 0.1) is 36.1 Å². The maximum Gasteiger partial charge on any atom is 0.318 e. The molecule has 0 radical (unpaired) electrons. The molecule has 0 saturated carbocycles. The number of halogens is 2. The Morgan fingerprint density at radius 3 is 2.86 bits per heavy atom. The van der Waals surface area contributed by atoms with Crippen LogP contribution in [-0.2, 0) is 17.7 Å². The van der Waals surface area contributed by atoms with Crippen LogP contribution < -0.4 is 20.3 Å². The molecule has 11 heteroatoms. The number of amides is 1. The Morgan fingerprint density at radius 2 is 2.14 bits per heavy atom. The molecule has 9 nitrogen and oxygen atoms in total. The highest BCUT2D eigenvalue weighted by Gasteiger charge is 2.40. The number of nitrogens with one attached hydrogen (secondary N) is 2. The summed E-state index contributed by atoms with van der Waals surface area (Å²) >= 11 is 0. The molecule has 0 aliphatic carbocycles. The number of ether oxygens (including phenoxy) is 2. The molecule has 2 saturated heterocycles. The smallest absolute Gasteiger partial charge is 0.318 e. The highest BCUT2D eigenvalue weighted by Crippen LogP contribution is 2.40. The lowest BCUT2D eigenvalue weighted by molar-refractivity contribution is 0.0997. The number of unbranched alkanes of at least 4 members (excludes halogenated alkanes) is 1. The highest BCUT2D eigenvalue weighted by molar-refractivity contribution is 6.16. The molecular weight excluding hydrogens is 544 g/mol. The van der Waals surface area contributed by atoms with Crippen molar-refractivity contribution < 1.29 is 28.2 Å². The molecule has 0 bridgehead atoms. The van der Waals surface area contributed by atoms with E-state index in [1.165, 1.54) is 17.0 Å². The van der Waals surface area contributed by atoms with E-state index in [9.17, 15) is 18.7 Å². The number of carbonyl (C=O) groups is 1. The number of aromatic nitrogens is 2. The SMILES string of the molecule is CCCC[C@@]1(COc2nc3c(c(NC4CCOC4)n2)C(=O)N(c2cc(O)cc4ccc(F)c(CC)c24)C3)C[C@@H](F)CN1. The van der Waals surface area contributed by atoms with Crippen LogP contribution in [0.1, 0.15) is 67.6 Å². The van der Waals surface area contributed by atoms with Crippen molar-refractivity contribution in [3.05, 3.63) is 46.9 Å². The molecule has 3 aromatic rings. The van der Waals surface area contributed by atoms with E-state index in [-0.39, 0.29) is 49.2 Å². The van der Waals surface area contributed by atoms with Crippen LogP contribution in [-0.4, -0.2) is 65.1 Å². The summed E-state index contributed by atoms with van der Waals surface area (Å²) in [5, 5.41) is 18.4. The first kappa shape index (κ1) is 28.5. The van der Waals surface area contributed by atoms with Crippen molar-refractivity contribution in [2.24, 2.45) is 0 Å². The molecule has 1 unspecified atom stereocenters. The van der Waals surface area contributed by atoms with Gasteiger partial charge in [-0.05, 0) is 42.3 Å². The number of carbonyl (C=O) groups excluding carboxylic acids is 1. The molecule has 3 aliphatic rings. The summed E-state index contributed by atoms with van der Waals surface area (Å²) in [6, 6.07) is 6.10. The molecule has 1 aromatic heterocycles. The van der Waals surface area contributed by atoms with E-state index in [0.717, 1.165) is 25.7 Å². The van der Waals surface area contributed by atoms with Crippen molar-refractivity contribution in [1.29, 1.82) is 0 Å². The molecule has 2 fully saturated rings. The first-order valence-corrected chi connectivity index (χ1v) is 14.8. The van der Waals surface area contributed by atoms with Crippen LogP contribution in [0.3, 0.4) is 0 Å². The molecule has 224 valence electrons. The van der Waals surface area contributed by atoms with Crippen LogP contribution in [0.5, 0.6) is 11.8 Å². The number of phenolic OH excluding ortho intramolecular Hbond substituents is 1. The average Bonchev–Trinajstić information content (AvgIpc) is 3.70. The van der Waals surface area contributed by atoms with E-state index in [1.807, 2.05) is 6.92 Å². The van der Waals surface area contributed by atoms with Crippen LogP contribution in [0.15, 0.2) is 24.3 Å². The first-order chi connectivity index (χ1) is 20.3.